The molecule has 3 nitrogen and oxygen atoms in total. The first-order chi connectivity index (χ1) is 5.97. The third kappa shape index (κ3) is 1.95. The summed E-state index contributed by atoms with van der Waals surface area (Å²) >= 11 is 0. The number of benzene rings is 1. The first-order valence-corrected chi connectivity index (χ1v) is 5.29. The number of sulfone groups is 1. The molecule has 0 amide bonds. The molecular formula is C9H10O3S. The van der Waals surface area contributed by atoms with Crippen molar-refractivity contribution in [3.05, 3.63) is 29.3 Å². The Labute approximate surface area is 77.3 Å². The molecule has 0 fully saturated rings. The highest BCUT2D eigenvalue weighted by Gasteiger charge is 2.14. The molecule has 0 aliphatic carbocycles. The van der Waals surface area contributed by atoms with Crippen molar-refractivity contribution in [1.82, 2.24) is 0 Å². The first-order valence-electron chi connectivity index (χ1n) is 3.75. The highest BCUT2D eigenvalue weighted by atomic mass is 32.2. The van der Waals surface area contributed by atoms with Crippen LogP contribution in [0.1, 0.15) is 11.1 Å². The van der Waals surface area contributed by atoms with Crippen molar-refractivity contribution in [2.24, 2.45) is 0 Å². The molecule has 4 heteroatoms. The monoisotopic (exact) mass is 198 g/mol. The summed E-state index contributed by atoms with van der Waals surface area (Å²) in [6, 6.07) is 4.86. The standard InChI is InChI=1S/C9H10O3S/c1-7-3-4-9(8(2)5-7)13(11,12)6-10/h3-6H,1-2H3. The van der Waals surface area contributed by atoms with E-state index < -0.39 is 9.84 Å². The zero-order valence-electron chi connectivity index (χ0n) is 7.44. The van der Waals surface area contributed by atoms with E-state index in [0.717, 1.165) is 5.56 Å². The molecule has 13 heavy (non-hydrogen) atoms. The number of carbonyl (C=O) groups excluding carboxylic acids is 1. The van der Waals surface area contributed by atoms with Gasteiger partial charge < -0.3 is 0 Å². The van der Waals surface area contributed by atoms with E-state index >= 15 is 0 Å². The van der Waals surface area contributed by atoms with Crippen LogP contribution in [-0.4, -0.2) is 14.0 Å². The summed E-state index contributed by atoms with van der Waals surface area (Å²) in [5.74, 6) is 0. The van der Waals surface area contributed by atoms with Gasteiger partial charge in [-0.1, -0.05) is 17.7 Å². The van der Waals surface area contributed by atoms with Crippen LogP contribution in [0.25, 0.3) is 0 Å². The van der Waals surface area contributed by atoms with E-state index in [0.29, 0.717) is 5.56 Å². The second-order valence-corrected chi connectivity index (χ2v) is 4.63. The first kappa shape index (κ1) is 9.92. The van der Waals surface area contributed by atoms with E-state index in [4.69, 9.17) is 0 Å². The van der Waals surface area contributed by atoms with Gasteiger partial charge in [0.2, 0.25) is 15.5 Å². The Morgan fingerprint density at radius 1 is 1.23 bits per heavy atom. The van der Waals surface area contributed by atoms with Gasteiger partial charge in [-0.25, -0.2) is 8.42 Å². The van der Waals surface area contributed by atoms with Crippen LogP contribution in [0.15, 0.2) is 23.1 Å². The summed E-state index contributed by atoms with van der Waals surface area (Å²) in [5, 5.41) is 0. The molecule has 0 unspecified atom stereocenters. The Hall–Kier alpha value is -1.16. The number of hydrogen-bond acceptors (Lipinski definition) is 3. The molecular weight excluding hydrogens is 188 g/mol. The van der Waals surface area contributed by atoms with Gasteiger partial charge in [0.15, 0.2) is 0 Å². The van der Waals surface area contributed by atoms with E-state index in [1.54, 1.807) is 19.1 Å². The lowest BCUT2D eigenvalue weighted by molar-refractivity contribution is 0.556. The van der Waals surface area contributed by atoms with E-state index in [1.807, 2.05) is 6.92 Å². The summed E-state index contributed by atoms with van der Waals surface area (Å²) in [7, 11) is -3.73. The minimum Gasteiger partial charge on any atom is -0.285 e. The predicted octanol–water partition coefficient (Wildman–Crippen LogP) is 1.27. The number of carbonyl (C=O) groups is 1. The van der Waals surface area contributed by atoms with Crippen molar-refractivity contribution in [3.63, 3.8) is 0 Å². The van der Waals surface area contributed by atoms with Gasteiger partial charge in [0.05, 0.1) is 4.90 Å². The molecule has 0 spiro atoms. The van der Waals surface area contributed by atoms with E-state index in [1.165, 1.54) is 6.07 Å². The van der Waals surface area contributed by atoms with Gasteiger partial charge in [-0.2, -0.15) is 0 Å². The highest BCUT2D eigenvalue weighted by Crippen LogP contribution is 2.15. The maximum atomic E-state index is 11.2. The smallest absolute Gasteiger partial charge is 0.238 e. The van der Waals surface area contributed by atoms with Crippen LogP contribution in [0.3, 0.4) is 0 Å². The van der Waals surface area contributed by atoms with Gasteiger partial charge in [0.25, 0.3) is 0 Å². The fourth-order valence-corrected chi connectivity index (χ4v) is 2.04. The Bertz CT molecular complexity index is 432. The van der Waals surface area contributed by atoms with Crippen molar-refractivity contribution >= 4 is 15.5 Å². The van der Waals surface area contributed by atoms with Crippen molar-refractivity contribution in [1.29, 1.82) is 0 Å². The molecule has 0 radical (unpaired) electrons. The number of rotatable bonds is 2. The maximum Gasteiger partial charge on any atom is 0.238 e. The Morgan fingerprint density at radius 3 is 2.31 bits per heavy atom. The zero-order chi connectivity index (χ0) is 10.1. The zero-order valence-corrected chi connectivity index (χ0v) is 8.26. The second-order valence-electron chi connectivity index (χ2n) is 2.91. The van der Waals surface area contributed by atoms with E-state index in [9.17, 15) is 13.2 Å². The number of hydrogen-bond donors (Lipinski definition) is 0. The number of aryl methyl sites for hydroxylation is 2. The van der Waals surface area contributed by atoms with Crippen LogP contribution in [-0.2, 0) is 14.6 Å². The van der Waals surface area contributed by atoms with Crippen molar-refractivity contribution in [2.45, 2.75) is 18.7 Å². The van der Waals surface area contributed by atoms with Crippen LogP contribution in [0.4, 0.5) is 0 Å². The molecule has 0 aliphatic rings. The minimum absolute atomic E-state index is 0.0231. The molecule has 0 saturated carbocycles. The third-order valence-electron chi connectivity index (χ3n) is 1.76. The van der Waals surface area contributed by atoms with Gasteiger partial charge in [0.1, 0.15) is 0 Å². The maximum absolute atomic E-state index is 11.2. The molecule has 0 aliphatic heterocycles. The summed E-state index contributed by atoms with van der Waals surface area (Å²) in [5.41, 5.74) is 1.56. The second kappa shape index (κ2) is 3.30. The molecule has 0 saturated heterocycles. The topological polar surface area (TPSA) is 51.2 Å². The molecule has 0 atom stereocenters. The van der Waals surface area contributed by atoms with E-state index in [-0.39, 0.29) is 10.5 Å². The van der Waals surface area contributed by atoms with Crippen LogP contribution in [0.5, 0.6) is 0 Å². The largest absolute Gasteiger partial charge is 0.285 e. The highest BCUT2D eigenvalue weighted by molar-refractivity contribution is 8.04. The van der Waals surface area contributed by atoms with Crippen molar-refractivity contribution < 1.29 is 13.2 Å². The Balaban J connectivity index is 3.41. The van der Waals surface area contributed by atoms with Gasteiger partial charge in [0, 0.05) is 0 Å². The van der Waals surface area contributed by atoms with Crippen molar-refractivity contribution in [3.8, 4) is 0 Å². The third-order valence-corrected chi connectivity index (χ3v) is 3.09. The molecule has 0 bridgehead atoms. The predicted molar refractivity (Wildman–Crippen MR) is 49.9 cm³/mol. The average molecular weight is 198 g/mol. The molecule has 0 aromatic heterocycles. The molecule has 0 N–H and O–H groups in total. The van der Waals surface area contributed by atoms with Crippen LogP contribution < -0.4 is 0 Å². The van der Waals surface area contributed by atoms with E-state index in [2.05, 4.69) is 0 Å². The normalized spacial score (nSPS) is 11.2. The fraction of sp³-hybridized carbons (Fsp3) is 0.222. The molecule has 1 rings (SSSR count). The summed E-state index contributed by atoms with van der Waals surface area (Å²) in [6.45, 7) is 3.54. The molecule has 70 valence electrons. The Morgan fingerprint density at radius 2 is 1.85 bits per heavy atom. The van der Waals surface area contributed by atoms with Crippen LogP contribution in [0.2, 0.25) is 0 Å². The average Bonchev–Trinajstić information content (AvgIpc) is 2.03. The van der Waals surface area contributed by atoms with Crippen LogP contribution >= 0.6 is 0 Å². The molecule has 1 aromatic rings. The quantitative estimate of drug-likeness (QED) is 0.672. The summed E-state index contributed by atoms with van der Waals surface area (Å²) < 4.78 is 22.3. The fourth-order valence-electron chi connectivity index (χ4n) is 1.17. The lowest BCUT2D eigenvalue weighted by Crippen LogP contribution is -2.03. The summed E-state index contributed by atoms with van der Waals surface area (Å²) in [4.78, 5) is 10.4. The molecule has 1 aromatic carbocycles. The van der Waals surface area contributed by atoms with Gasteiger partial charge in [-0.15, -0.1) is 0 Å². The lowest BCUT2D eigenvalue weighted by atomic mass is 10.2. The van der Waals surface area contributed by atoms with Crippen LogP contribution in [0, 0.1) is 13.8 Å². The molecule has 0 heterocycles. The summed E-state index contributed by atoms with van der Waals surface area (Å²) in [6.07, 6.45) is 0. The Kier molecular flexibility index (Phi) is 2.52. The van der Waals surface area contributed by atoms with Crippen molar-refractivity contribution in [2.75, 3.05) is 0 Å². The lowest BCUT2D eigenvalue weighted by Gasteiger charge is -2.02. The SMILES string of the molecule is Cc1ccc(S(=O)(=O)C=O)c(C)c1. The van der Waals surface area contributed by atoms with Gasteiger partial charge >= 0.3 is 0 Å². The van der Waals surface area contributed by atoms with Gasteiger partial charge in [-0.3, -0.25) is 4.79 Å². The van der Waals surface area contributed by atoms with Gasteiger partial charge in [-0.05, 0) is 25.5 Å². The minimum atomic E-state index is -3.73.